The summed E-state index contributed by atoms with van der Waals surface area (Å²) in [6.07, 6.45) is 0. The maximum Gasteiger partial charge on any atom is 0.323 e. The maximum atomic E-state index is 11.3. The van der Waals surface area contributed by atoms with E-state index in [0.717, 1.165) is 15.6 Å². The first-order chi connectivity index (χ1) is 7.45. The van der Waals surface area contributed by atoms with Gasteiger partial charge in [0.1, 0.15) is 0 Å². The first-order valence-corrected chi connectivity index (χ1v) is 5.33. The fourth-order valence-electron chi connectivity index (χ4n) is 1.31. The molecule has 0 aliphatic carbocycles. The van der Waals surface area contributed by atoms with Crippen molar-refractivity contribution in [3.05, 3.63) is 27.7 Å². The Morgan fingerprint density at radius 2 is 1.88 bits per heavy atom. The van der Waals surface area contributed by atoms with Crippen molar-refractivity contribution in [1.82, 2.24) is 5.43 Å². The van der Waals surface area contributed by atoms with Crippen LogP contribution >= 0.6 is 15.9 Å². The zero-order valence-electron chi connectivity index (χ0n) is 8.93. The Bertz CT molecular complexity index is 423. The molecule has 0 bridgehead atoms. The summed E-state index contributed by atoms with van der Waals surface area (Å²) in [6, 6.07) is 3.75. The second-order valence-electron chi connectivity index (χ2n) is 3.37. The zero-order valence-corrected chi connectivity index (χ0v) is 10.5. The fraction of sp³-hybridized carbons (Fsp3) is 0.200. The number of benzene rings is 1. The van der Waals surface area contributed by atoms with Crippen LogP contribution in [0.25, 0.3) is 0 Å². The van der Waals surface area contributed by atoms with Crippen molar-refractivity contribution in [2.24, 2.45) is 5.84 Å². The topological polar surface area (TPSA) is 84.2 Å². The predicted molar refractivity (Wildman–Crippen MR) is 64.6 cm³/mol. The molecule has 0 atom stereocenters. The summed E-state index contributed by atoms with van der Waals surface area (Å²) in [5.74, 6) is 3.18. The van der Waals surface area contributed by atoms with Gasteiger partial charge in [0.25, 0.3) is 0 Å². The molecule has 0 saturated heterocycles. The average Bonchev–Trinajstić information content (AvgIpc) is 2.21. The van der Waals surface area contributed by atoms with E-state index in [0.29, 0.717) is 5.69 Å². The number of nitrogens with one attached hydrogen (secondary N) is 2. The predicted octanol–water partition coefficient (Wildman–Crippen LogP) is 0.994. The van der Waals surface area contributed by atoms with Crippen LogP contribution in [0.1, 0.15) is 11.1 Å². The minimum atomic E-state index is -0.883. The molecule has 0 aromatic heterocycles. The van der Waals surface area contributed by atoms with Gasteiger partial charge in [0.15, 0.2) is 0 Å². The molecular formula is C10H12BrN3O2. The molecule has 4 N–H and O–H groups in total. The summed E-state index contributed by atoms with van der Waals surface area (Å²) in [4.78, 5) is 22.3. The van der Waals surface area contributed by atoms with Gasteiger partial charge in [0, 0.05) is 4.47 Å². The van der Waals surface area contributed by atoms with Crippen molar-refractivity contribution in [3.8, 4) is 0 Å². The van der Waals surface area contributed by atoms with Crippen LogP contribution < -0.4 is 16.6 Å². The molecule has 1 aromatic carbocycles. The van der Waals surface area contributed by atoms with E-state index in [4.69, 9.17) is 5.84 Å². The first-order valence-electron chi connectivity index (χ1n) is 4.54. The van der Waals surface area contributed by atoms with Gasteiger partial charge >= 0.3 is 11.8 Å². The number of halogens is 1. The van der Waals surface area contributed by atoms with Gasteiger partial charge < -0.3 is 5.32 Å². The lowest BCUT2D eigenvalue weighted by molar-refractivity contribution is -0.136. The van der Waals surface area contributed by atoms with Gasteiger partial charge in [-0.25, -0.2) is 5.84 Å². The molecule has 0 fully saturated rings. The highest BCUT2D eigenvalue weighted by Crippen LogP contribution is 2.27. The zero-order chi connectivity index (χ0) is 12.3. The quantitative estimate of drug-likeness (QED) is 0.311. The molecule has 6 heteroatoms. The van der Waals surface area contributed by atoms with Gasteiger partial charge in [-0.05, 0) is 47.0 Å². The van der Waals surface area contributed by atoms with Crippen molar-refractivity contribution in [2.45, 2.75) is 13.8 Å². The Morgan fingerprint density at radius 3 is 2.38 bits per heavy atom. The van der Waals surface area contributed by atoms with Crippen LogP contribution in [0, 0.1) is 13.8 Å². The molecule has 0 aliphatic rings. The monoisotopic (exact) mass is 285 g/mol. The van der Waals surface area contributed by atoms with E-state index in [9.17, 15) is 9.59 Å². The van der Waals surface area contributed by atoms with Crippen molar-refractivity contribution in [2.75, 3.05) is 5.32 Å². The third-order valence-electron chi connectivity index (χ3n) is 2.01. The third kappa shape index (κ3) is 2.80. The van der Waals surface area contributed by atoms with E-state index in [2.05, 4.69) is 21.2 Å². The summed E-state index contributed by atoms with van der Waals surface area (Å²) in [5, 5.41) is 2.48. The Balaban J connectivity index is 2.98. The molecule has 1 aromatic rings. The molecule has 86 valence electrons. The van der Waals surface area contributed by atoms with Crippen LogP contribution in [-0.4, -0.2) is 11.8 Å². The minimum Gasteiger partial charge on any atom is -0.316 e. The van der Waals surface area contributed by atoms with Crippen molar-refractivity contribution in [1.29, 1.82) is 0 Å². The van der Waals surface area contributed by atoms with Gasteiger partial charge in [0.05, 0.1) is 5.69 Å². The molecule has 5 nitrogen and oxygen atoms in total. The van der Waals surface area contributed by atoms with Gasteiger partial charge in [0.2, 0.25) is 0 Å². The number of hydrogen-bond acceptors (Lipinski definition) is 3. The Kier molecular flexibility index (Phi) is 4.03. The molecule has 0 aliphatic heterocycles. The maximum absolute atomic E-state index is 11.3. The second kappa shape index (κ2) is 5.09. The Labute approximate surface area is 101 Å². The largest absolute Gasteiger partial charge is 0.323 e. The van der Waals surface area contributed by atoms with Gasteiger partial charge in [-0.3, -0.25) is 15.0 Å². The van der Waals surface area contributed by atoms with E-state index in [1.165, 1.54) is 0 Å². The first kappa shape index (κ1) is 12.7. The van der Waals surface area contributed by atoms with Crippen LogP contribution in [0.2, 0.25) is 0 Å². The number of amides is 2. The molecule has 0 saturated carbocycles. The van der Waals surface area contributed by atoms with Gasteiger partial charge in [-0.2, -0.15) is 0 Å². The molecule has 1 rings (SSSR count). The lowest BCUT2D eigenvalue weighted by Gasteiger charge is -2.10. The third-order valence-corrected chi connectivity index (χ3v) is 2.63. The SMILES string of the molecule is Cc1cc(C)c(NC(=O)C(=O)NN)c(Br)c1. The number of hydrogen-bond donors (Lipinski definition) is 3. The number of anilines is 1. The molecule has 0 radical (unpaired) electrons. The summed E-state index contributed by atoms with van der Waals surface area (Å²) in [7, 11) is 0. The summed E-state index contributed by atoms with van der Waals surface area (Å²) in [6.45, 7) is 3.78. The number of nitrogens with two attached hydrogens (primary N) is 1. The standard InChI is InChI=1S/C10H12BrN3O2/c1-5-3-6(2)8(7(11)4-5)13-9(15)10(16)14-12/h3-4H,12H2,1-2H3,(H,13,15)(H,14,16). The highest BCUT2D eigenvalue weighted by Gasteiger charge is 2.14. The van der Waals surface area contributed by atoms with Crippen molar-refractivity contribution in [3.63, 3.8) is 0 Å². The van der Waals surface area contributed by atoms with Crippen molar-refractivity contribution >= 4 is 33.4 Å². The average molecular weight is 286 g/mol. The van der Waals surface area contributed by atoms with Crippen LogP contribution in [0.5, 0.6) is 0 Å². The molecular weight excluding hydrogens is 274 g/mol. The molecule has 2 amide bonds. The number of carbonyl (C=O) groups is 2. The summed E-state index contributed by atoms with van der Waals surface area (Å²) >= 11 is 3.32. The number of carbonyl (C=O) groups excluding carboxylic acids is 2. The van der Waals surface area contributed by atoms with Crippen molar-refractivity contribution < 1.29 is 9.59 Å². The number of rotatable bonds is 1. The highest BCUT2D eigenvalue weighted by atomic mass is 79.9. The normalized spacial score (nSPS) is 9.75. The molecule has 0 spiro atoms. The van der Waals surface area contributed by atoms with Crippen LogP contribution in [0.3, 0.4) is 0 Å². The number of hydrazine groups is 1. The van der Waals surface area contributed by atoms with Crippen LogP contribution in [0.15, 0.2) is 16.6 Å². The molecule has 0 unspecified atom stereocenters. The fourth-order valence-corrected chi connectivity index (χ4v) is 2.08. The van der Waals surface area contributed by atoms with Crippen LogP contribution in [-0.2, 0) is 9.59 Å². The van der Waals surface area contributed by atoms with E-state index < -0.39 is 11.8 Å². The smallest absolute Gasteiger partial charge is 0.316 e. The van der Waals surface area contributed by atoms with Gasteiger partial charge in [-0.1, -0.05) is 6.07 Å². The molecule has 16 heavy (non-hydrogen) atoms. The van der Waals surface area contributed by atoms with E-state index in [1.807, 2.05) is 26.0 Å². The molecule has 0 heterocycles. The second-order valence-corrected chi connectivity index (χ2v) is 4.22. The lowest BCUT2D eigenvalue weighted by Crippen LogP contribution is -2.39. The van der Waals surface area contributed by atoms with E-state index in [1.54, 1.807) is 5.43 Å². The summed E-state index contributed by atoms with van der Waals surface area (Å²) in [5.41, 5.74) is 4.26. The van der Waals surface area contributed by atoms with Crippen LogP contribution in [0.4, 0.5) is 5.69 Å². The number of aryl methyl sites for hydroxylation is 2. The van der Waals surface area contributed by atoms with E-state index in [-0.39, 0.29) is 0 Å². The Hall–Kier alpha value is -1.40. The summed E-state index contributed by atoms with van der Waals surface area (Å²) < 4.78 is 0.725. The minimum absolute atomic E-state index is 0.569. The van der Waals surface area contributed by atoms with E-state index >= 15 is 0 Å². The lowest BCUT2D eigenvalue weighted by atomic mass is 10.1. The Morgan fingerprint density at radius 1 is 1.25 bits per heavy atom. The van der Waals surface area contributed by atoms with Gasteiger partial charge in [-0.15, -0.1) is 0 Å². The highest BCUT2D eigenvalue weighted by molar-refractivity contribution is 9.10.